The first-order chi connectivity index (χ1) is 7.09. The van der Waals surface area contributed by atoms with Gasteiger partial charge in [0.05, 0.1) is 0 Å². The van der Waals surface area contributed by atoms with Gasteiger partial charge >= 0.3 is 0 Å². The Balaban J connectivity index is 2.61. The van der Waals surface area contributed by atoms with Crippen LogP contribution in [0.25, 0.3) is 11.3 Å². The van der Waals surface area contributed by atoms with Gasteiger partial charge < -0.3 is 0 Å². The molecule has 2 aromatic rings. The Morgan fingerprint density at radius 2 is 1.87 bits per heavy atom. The molecule has 0 unspecified atom stereocenters. The molecule has 0 aliphatic rings. The minimum atomic E-state index is -4.23. The number of rotatable bonds is 2. The molecule has 6 heteroatoms. The summed E-state index contributed by atoms with van der Waals surface area (Å²) in [4.78, 5) is -0.214. The Bertz CT molecular complexity index is 560. The number of hydrogen-bond donors (Lipinski definition) is 2. The van der Waals surface area contributed by atoms with Crippen molar-refractivity contribution >= 4 is 10.1 Å². The Hall–Kier alpha value is -1.66. The predicted molar refractivity (Wildman–Crippen MR) is 53.8 cm³/mol. The molecular formula is C9H8N2O3S. The van der Waals surface area contributed by atoms with Crippen molar-refractivity contribution in [3.05, 3.63) is 36.5 Å². The molecule has 1 aromatic heterocycles. The molecule has 0 aliphatic heterocycles. The Morgan fingerprint density at radius 1 is 1.20 bits per heavy atom. The normalized spacial score (nSPS) is 11.5. The van der Waals surface area contributed by atoms with Gasteiger partial charge in [0, 0.05) is 11.8 Å². The van der Waals surface area contributed by atoms with Crippen molar-refractivity contribution in [1.29, 1.82) is 0 Å². The van der Waals surface area contributed by atoms with E-state index in [4.69, 9.17) is 4.55 Å². The zero-order valence-corrected chi connectivity index (χ0v) is 8.40. The van der Waals surface area contributed by atoms with Crippen LogP contribution in [0, 0.1) is 0 Å². The smallest absolute Gasteiger partial charge is 0.284 e. The molecule has 1 aromatic carbocycles. The van der Waals surface area contributed by atoms with Gasteiger partial charge in [-0.2, -0.15) is 13.5 Å². The van der Waals surface area contributed by atoms with E-state index in [1.54, 1.807) is 24.3 Å². The second-order valence-corrected chi connectivity index (χ2v) is 4.33. The van der Waals surface area contributed by atoms with E-state index in [2.05, 4.69) is 10.2 Å². The Labute approximate surface area is 86.5 Å². The summed E-state index contributed by atoms with van der Waals surface area (Å²) in [7, 11) is -4.23. The van der Waals surface area contributed by atoms with Gasteiger partial charge in [-0.3, -0.25) is 9.65 Å². The minimum absolute atomic E-state index is 0.214. The minimum Gasteiger partial charge on any atom is -0.284 e. The lowest BCUT2D eigenvalue weighted by Crippen LogP contribution is -1.98. The molecule has 2 N–H and O–H groups in total. The summed E-state index contributed by atoms with van der Waals surface area (Å²) in [5, 5.41) is 6.20. The summed E-state index contributed by atoms with van der Waals surface area (Å²) in [5.74, 6) is 0. The number of H-pyrrole nitrogens is 1. The summed E-state index contributed by atoms with van der Waals surface area (Å²) in [6.45, 7) is 0. The van der Waals surface area contributed by atoms with Crippen LogP contribution in [0.3, 0.4) is 0 Å². The third-order valence-corrected chi connectivity index (χ3v) is 2.80. The Kier molecular flexibility index (Phi) is 2.29. The lowest BCUT2D eigenvalue weighted by Gasteiger charge is -1.98. The summed E-state index contributed by atoms with van der Waals surface area (Å²) in [6, 6.07) is 8.76. The molecule has 15 heavy (non-hydrogen) atoms. The molecule has 5 nitrogen and oxygen atoms in total. The molecule has 0 saturated heterocycles. The van der Waals surface area contributed by atoms with Crippen LogP contribution < -0.4 is 0 Å². The van der Waals surface area contributed by atoms with Gasteiger partial charge in [0.15, 0.2) is 0 Å². The molecule has 0 radical (unpaired) electrons. The van der Waals surface area contributed by atoms with Gasteiger partial charge in [0.25, 0.3) is 10.1 Å². The highest BCUT2D eigenvalue weighted by Crippen LogP contribution is 2.23. The molecule has 0 atom stereocenters. The third-order valence-electron chi connectivity index (χ3n) is 1.93. The molecule has 0 saturated carbocycles. The van der Waals surface area contributed by atoms with Crippen LogP contribution in [-0.2, 0) is 10.1 Å². The fraction of sp³-hybridized carbons (Fsp3) is 0. The average molecular weight is 224 g/mol. The number of nitrogens with zero attached hydrogens (tertiary/aromatic N) is 1. The van der Waals surface area contributed by atoms with Crippen LogP contribution in [-0.4, -0.2) is 23.2 Å². The standard InChI is InChI=1S/C9H8N2O3S/c12-15(13,14)8-6-10-11-9(8)7-4-2-1-3-5-7/h1-6H,(H,10,11)(H,12,13,14). The summed E-state index contributed by atoms with van der Waals surface area (Å²) < 4.78 is 30.9. The molecule has 78 valence electrons. The first-order valence-corrected chi connectivity index (χ1v) is 5.60. The fourth-order valence-electron chi connectivity index (χ4n) is 1.28. The highest BCUT2D eigenvalue weighted by Gasteiger charge is 2.18. The lowest BCUT2D eigenvalue weighted by atomic mass is 10.2. The maximum atomic E-state index is 11.0. The van der Waals surface area contributed by atoms with Crippen LogP contribution in [0.15, 0.2) is 41.4 Å². The van der Waals surface area contributed by atoms with Gasteiger partial charge in [0.1, 0.15) is 10.6 Å². The van der Waals surface area contributed by atoms with E-state index in [1.165, 1.54) is 0 Å². The monoisotopic (exact) mass is 224 g/mol. The number of aromatic nitrogens is 2. The van der Waals surface area contributed by atoms with Gasteiger partial charge in [-0.25, -0.2) is 0 Å². The molecular weight excluding hydrogens is 216 g/mol. The highest BCUT2D eigenvalue weighted by molar-refractivity contribution is 7.86. The largest absolute Gasteiger partial charge is 0.298 e. The molecule has 0 aliphatic carbocycles. The van der Waals surface area contributed by atoms with Crippen molar-refractivity contribution in [1.82, 2.24) is 10.2 Å². The lowest BCUT2D eigenvalue weighted by molar-refractivity contribution is 0.483. The first-order valence-electron chi connectivity index (χ1n) is 4.16. The molecule has 0 fully saturated rings. The van der Waals surface area contributed by atoms with Gasteiger partial charge in [0.2, 0.25) is 0 Å². The van der Waals surface area contributed by atoms with E-state index in [9.17, 15) is 8.42 Å². The molecule has 0 spiro atoms. The first kappa shape index (κ1) is 9.88. The van der Waals surface area contributed by atoms with Gasteiger partial charge in [-0.15, -0.1) is 0 Å². The van der Waals surface area contributed by atoms with Crippen molar-refractivity contribution in [3.8, 4) is 11.3 Å². The van der Waals surface area contributed by atoms with Crippen molar-refractivity contribution in [2.75, 3.05) is 0 Å². The zero-order valence-electron chi connectivity index (χ0n) is 7.58. The van der Waals surface area contributed by atoms with Crippen molar-refractivity contribution < 1.29 is 13.0 Å². The SMILES string of the molecule is O=S(=O)(O)c1c[nH]nc1-c1ccccc1. The number of benzene rings is 1. The van der Waals surface area contributed by atoms with Crippen LogP contribution in [0.4, 0.5) is 0 Å². The number of aromatic amines is 1. The number of hydrogen-bond acceptors (Lipinski definition) is 3. The quantitative estimate of drug-likeness (QED) is 0.754. The maximum Gasteiger partial charge on any atom is 0.298 e. The summed E-state index contributed by atoms with van der Waals surface area (Å²) >= 11 is 0. The third kappa shape index (κ3) is 1.90. The van der Waals surface area contributed by atoms with Crippen LogP contribution >= 0.6 is 0 Å². The van der Waals surface area contributed by atoms with Crippen molar-refractivity contribution in [3.63, 3.8) is 0 Å². The van der Waals surface area contributed by atoms with E-state index in [0.29, 0.717) is 5.56 Å². The molecule has 0 bridgehead atoms. The van der Waals surface area contributed by atoms with E-state index in [1.807, 2.05) is 6.07 Å². The molecule has 1 heterocycles. The van der Waals surface area contributed by atoms with E-state index in [0.717, 1.165) is 6.20 Å². The summed E-state index contributed by atoms with van der Waals surface area (Å²) in [5.41, 5.74) is 0.851. The van der Waals surface area contributed by atoms with Crippen molar-refractivity contribution in [2.45, 2.75) is 4.90 Å². The van der Waals surface area contributed by atoms with Crippen molar-refractivity contribution in [2.24, 2.45) is 0 Å². The molecule has 0 amide bonds. The fourth-order valence-corrected chi connectivity index (χ4v) is 1.89. The van der Waals surface area contributed by atoms with E-state index in [-0.39, 0.29) is 10.6 Å². The van der Waals surface area contributed by atoms with Crippen LogP contribution in [0.2, 0.25) is 0 Å². The van der Waals surface area contributed by atoms with Gasteiger partial charge in [-0.1, -0.05) is 30.3 Å². The maximum absolute atomic E-state index is 11.0. The second kappa shape index (κ2) is 3.48. The topological polar surface area (TPSA) is 83.0 Å². The van der Waals surface area contributed by atoms with Crippen LogP contribution in [0.1, 0.15) is 0 Å². The molecule has 2 rings (SSSR count). The van der Waals surface area contributed by atoms with E-state index < -0.39 is 10.1 Å². The number of nitrogens with one attached hydrogen (secondary N) is 1. The van der Waals surface area contributed by atoms with E-state index >= 15 is 0 Å². The predicted octanol–water partition coefficient (Wildman–Crippen LogP) is 1.32. The average Bonchev–Trinajstić information content (AvgIpc) is 2.67. The Morgan fingerprint density at radius 3 is 2.47 bits per heavy atom. The highest BCUT2D eigenvalue weighted by atomic mass is 32.2. The zero-order chi connectivity index (χ0) is 10.9. The second-order valence-electron chi connectivity index (χ2n) is 2.94. The van der Waals surface area contributed by atoms with Gasteiger partial charge in [-0.05, 0) is 0 Å². The summed E-state index contributed by atoms with van der Waals surface area (Å²) in [6.07, 6.45) is 1.15. The van der Waals surface area contributed by atoms with Crippen LogP contribution in [0.5, 0.6) is 0 Å².